The minimum atomic E-state index is -0.481. The zero-order chi connectivity index (χ0) is 22.4. The number of hydrazone groups is 1. The van der Waals surface area contributed by atoms with Gasteiger partial charge in [-0.1, -0.05) is 18.2 Å². The molecule has 0 bridgehead atoms. The van der Waals surface area contributed by atoms with Crippen molar-refractivity contribution in [3.8, 4) is 0 Å². The van der Waals surface area contributed by atoms with Crippen molar-refractivity contribution >= 4 is 28.9 Å². The van der Waals surface area contributed by atoms with Crippen LogP contribution in [0.3, 0.4) is 0 Å². The van der Waals surface area contributed by atoms with Gasteiger partial charge in [0.25, 0.3) is 17.5 Å². The first-order valence-electron chi connectivity index (χ1n) is 9.41. The number of anilines is 1. The number of carbonyl (C=O) groups excluding carboxylic acids is 2. The standard InChI is InChI=1S/C23H20N4O4/c1-15-5-3-4-6-21(15)23(29)24-19-11-7-18(8-12-19)22(28)26-25-16(2)17-9-13-20(14-10-17)27(30)31/h3-14H,1-2H3,(H,24,29)(H,26,28)/b25-16+. The third-order valence-corrected chi connectivity index (χ3v) is 4.62. The van der Waals surface area contributed by atoms with Crippen LogP contribution in [0.5, 0.6) is 0 Å². The van der Waals surface area contributed by atoms with E-state index in [1.54, 1.807) is 55.5 Å². The lowest BCUT2D eigenvalue weighted by molar-refractivity contribution is -0.384. The Balaban J connectivity index is 1.62. The van der Waals surface area contributed by atoms with E-state index in [0.717, 1.165) is 5.56 Å². The maximum atomic E-state index is 12.4. The van der Waals surface area contributed by atoms with Crippen LogP contribution in [0.1, 0.15) is 38.8 Å². The van der Waals surface area contributed by atoms with Gasteiger partial charge in [-0.3, -0.25) is 19.7 Å². The van der Waals surface area contributed by atoms with E-state index in [4.69, 9.17) is 0 Å². The molecule has 3 rings (SSSR count). The molecule has 2 N–H and O–H groups in total. The lowest BCUT2D eigenvalue weighted by Gasteiger charge is -2.08. The fourth-order valence-electron chi connectivity index (χ4n) is 2.82. The molecule has 8 nitrogen and oxygen atoms in total. The summed E-state index contributed by atoms with van der Waals surface area (Å²) < 4.78 is 0. The van der Waals surface area contributed by atoms with Gasteiger partial charge < -0.3 is 5.32 Å². The summed E-state index contributed by atoms with van der Waals surface area (Å²) in [4.78, 5) is 34.9. The number of nitro groups is 1. The number of non-ortho nitro benzene ring substituents is 1. The second kappa shape index (κ2) is 9.45. The van der Waals surface area contributed by atoms with Gasteiger partial charge in [-0.05, 0) is 67.4 Å². The largest absolute Gasteiger partial charge is 0.322 e. The highest BCUT2D eigenvalue weighted by atomic mass is 16.6. The Bertz CT molecular complexity index is 1150. The first kappa shape index (κ1) is 21.4. The molecule has 2 amide bonds. The van der Waals surface area contributed by atoms with Crippen LogP contribution in [0.25, 0.3) is 0 Å². The number of nitrogens with one attached hydrogen (secondary N) is 2. The molecule has 3 aromatic rings. The van der Waals surface area contributed by atoms with Crippen molar-refractivity contribution < 1.29 is 14.5 Å². The monoisotopic (exact) mass is 416 g/mol. The Morgan fingerprint density at radius 2 is 1.48 bits per heavy atom. The second-order valence-electron chi connectivity index (χ2n) is 6.79. The van der Waals surface area contributed by atoms with Crippen LogP contribution >= 0.6 is 0 Å². The predicted octanol–water partition coefficient (Wildman–Crippen LogP) is 4.31. The van der Waals surface area contributed by atoms with Gasteiger partial charge in [0.05, 0.1) is 10.6 Å². The number of aryl methyl sites for hydroxylation is 1. The number of hydrogen-bond acceptors (Lipinski definition) is 5. The highest BCUT2D eigenvalue weighted by Gasteiger charge is 2.10. The van der Waals surface area contributed by atoms with Gasteiger partial charge in [-0.2, -0.15) is 5.10 Å². The molecule has 0 aliphatic carbocycles. The van der Waals surface area contributed by atoms with Crippen LogP contribution in [0.15, 0.2) is 77.9 Å². The highest BCUT2D eigenvalue weighted by Crippen LogP contribution is 2.14. The lowest BCUT2D eigenvalue weighted by atomic mass is 10.1. The zero-order valence-corrected chi connectivity index (χ0v) is 17.0. The number of amides is 2. The van der Waals surface area contributed by atoms with E-state index in [2.05, 4.69) is 15.8 Å². The van der Waals surface area contributed by atoms with Crippen LogP contribution in [-0.4, -0.2) is 22.4 Å². The van der Waals surface area contributed by atoms with Crippen molar-refractivity contribution in [3.63, 3.8) is 0 Å². The van der Waals surface area contributed by atoms with Crippen molar-refractivity contribution in [3.05, 3.63) is 105 Å². The highest BCUT2D eigenvalue weighted by molar-refractivity contribution is 6.05. The number of carbonyl (C=O) groups is 2. The summed E-state index contributed by atoms with van der Waals surface area (Å²) in [5.74, 6) is -0.642. The molecule has 0 saturated heterocycles. The van der Waals surface area contributed by atoms with Crippen LogP contribution in [0, 0.1) is 17.0 Å². The molecule has 0 unspecified atom stereocenters. The molecule has 0 heterocycles. The van der Waals surface area contributed by atoms with Crippen molar-refractivity contribution in [2.24, 2.45) is 5.10 Å². The van der Waals surface area contributed by atoms with Gasteiger partial charge >= 0.3 is 0 Å². The lowest BCUT2D eigenvalue weighted by Crippen LogP contribution is -2.19. The average molecular weight is 416 g/mol. The Labute approximate surface area is 178 Å². The van der Waals surface area contributed by atoms with Crippen LogP contribution in [0.2, 0.25) is 0 Å². The van der Waals surface area contributed by atoms with E-state index in [1.165, 1.54) is 12.1 Å². The van der Waals surface area contributed by atoms with Gasteiger partial charge in [0.2, 0.25) is 0 Å². The summed E-state index contributed by atoms with van der Waals surface area (Å²) in [5, 5.41) is 17.6. The Hall–Kier alpha value is -4.33. The molecule has 31 heavy (non-hydrogen) atoms. The first-order valence-corrected chi connectivity index (χ1v) is 9.41. The maximum Gasteiger partial charge on any atom is 0.271 e. The third-order valence-electron chi connectivity index (χ3n) is 4.62. The molecule has 0 aliphatic heterocycles. The van der Waals surface area contributed by atoms with E-state index in [9.17, 15) is 19.7 Å². The van der Waals surface area contributed by atoms with E-state index >= 15 is 0 Å². The summed E-state index contributed by atoms with van der Waals surface area (Å²) in [6.45, 7) is 3.55. The quantitative estimate of drug-likeness (QED) is 0.354. The number of rotatable bonds is 6. The molecule has 0 fully saturated rings. The number of nitrogens with zero attached hydrogens (tertiary/aromatic N) is 2. The minimum Gasteiger partial charge on any atom is -0.322 e. The van der Waals surface area contributed by atoms with Crippen molar-refractivity contribution in [1.29, 1.82) is 0 Å². The Morgan fingerprint density at radius 3 is 2.10 bits per heavy atom. The third kappa shape index (κ3) is 5.39. The Kier molecular flexibility index (Phi) is 6.51. The molecule has 0 radical (unpaired) electrons. The summed E-state index contributed by atoms with van der Waals surface area (Å²) >= 11 is 0. The minimum absolute atomic E-state index is 0.0183. The van der Waals surface area contributed by atoms with Gasteiger partial charge in [-0.15, -0.1) is 0 Å². The second-order valence-corrected chi connectivity index (χ2v) is 6.79. The van der Waals surface area contributed by atoms with Crippen LogP contribution in [0.4, 0.5) is 11.4 Å². The van der Waals surface area contributed by atoms with Crippen molar-refractivity contribution in [2.45, 2.75) is 13.8 Å². The Morgan fingerprint density at radius 1 is 0.871 bits per heavy atom. The van der Waals surface area contributed by atoms with Gasteiger partial charge in [0, 0.05) is 28.9 Å². The summed E-state index contributed by atoms with van der Waals surface area (Å²) in [7, 11) is 0. The van der Waals surface area contributed by atoms with E-state index in [0.29, 0.717) is 28.1 Å². The predicted molar refractivity (Wildman–Crippen MR) is 118 cm³/mol. The molecule has 0 aliphatic rings. The number of hydrogen-bond donors (Lipinski definition) is 2. The fraction of sp³-hybridized carbons (Fsp3) is 0.0870. The fourth-order valence-corrected chi connectivity index (χ4v) is 2.82. The summed E-state index contributed by atoms with van der Waals surface area (Å²) in [6.07, 6.45) is 0. The average Bonchev–Trinajstić information content (AvgIpc) is 2.78. The zero-order valence-electron chi connectivity index (χ0n) is 17.0. The van der Waals surface area contributed by atoms with E-state index in [1.807, 2.05) is 19.1 Å². The molecule has 156 valence electrons. The first-order chi connectivity index (χ1) is 14.8. The van der Waals surface area contributed by atoms with Gasteiger partial charge in [-0.25, -0.2) is 5.43 Å². The molecular weight excluding hydrogens is 396 g/mol. The van der Waals surface area contributed by atoms with E-state index in [-0.39, 0.29) is 11.6 Å². The molecule has 0 aromatic heterocycles. The number of nitro benzene ring substituents is 1. The van der Waals surface area contributed by atoms with Gasteiger partial charge in [0.1, 0.15) is 0 Å². The molecule has 0 spiro atoms. The maximum absolute atomic E-state index is 12.4. The molecule has 3 aromatic carbocycles. The van der Waals surface area contributed by atoms with Crippen molar-refractivity contribution in [2.75, 3.05) is 5.32 Å². The van der Waals surface area contributed by atoms with E-state index < -0.39 is 10.8 Å². The van der Waals surface area contributed by atoms with Gasteiger partial charge in [0.15, 0.2) is 0 Å². The van der Waals surface area contributed by atoms with Crippen LogP contribution < -0.4 is 10.7 Å². The molecule has 0 atom stereocenters. The summed E-state index contributed by atoms with van der Waals surface area (Å²) in [5.41, 5.74) is 5.99. The molecular formula is C23H20N4O4. The topological polar surface area (TPSA) is 114 Å². The molecule has 8 heteroatoms. The normalized spacial score (nSPS) is 11.0. The van der Waals surface area contributed by atoms with Crippen molar-refractivity contribution in [1.82, 2.24) is 5.43 Å². The molecule has 0 saturated carbocycles. The number of benzene rings is 3. The van der Waals surface area contributed by atoms with Crippen LogP contribution in [-0.2, 0) is 0 Å². The SMILES string of the molecule is C/C(=N\NC(=O)c1ccc(NC(=O)c2ccccc2C)cc1)c1ccc([N+](=O)[O-])cc1. The summed E-state index contributed by atoms with van der Waals surface area (Å²) in [6, 6.07) is 19.6. The smallest absolute Gasteiger partial charge is 0.271 e.